The van der Waals surface area contributed by atoms with Crippen LogP contribution < -0.4 is 16.2 Å². The zero-order valence-electron chi connectivity index (χ0n) is 17.4. The number of para-hydroxylation sites is 1. The van der Waals surface area contributed by atoms with Crippen LogP contribution in [0.4, 0.5) is 9.93 Å². The fourth-order valence-electron chi connectivity index (χ4n) is 3.50. The largest absolute Gasteiger partial charge is 0.337 e. The summed E-state index contributed by atoms with van der Waals surface area (Å²) < 4.78 is 1.48. The van der Waals surface area contributed by atoms with E-state index in [-0.39, 0.29) is 36.5 Å². The number of amides is 3. The van der Waals surface area contributed by atoms with Gasteiger partial charge in [-0.3, -0.25) is 19.5 Å². The third-order valence-corrected chi connectivity index (χ3v) is 6.02. The Kier molecular flexibility index (Phi) is 5.99. The molecule has 0 saturated carbocycles. The van der Waals surface area contributed by atoms with Crippen LogP contribution in [0.2, 0.25) is 0 Å². The minimum atomic E-state index is -0.288. The normalized spacial score (nSPS) is 13.3. The molecule has 1 aliphatic heterocycles. The number of nitrogens with one attached hydrogen (secondary N) is 2. The number of hydrogen-bond donors (Lipinski definition) is 2. The molecule has 4 rings (SSSR count). The molecule has 0 spiro atoms. The van der Waals surface area contributed by atoms with Gasteiger partial charge in [-0.15, -0.1) is 0 Å². The summed E-state index contributed by atoms with van der Waals surface area (Å²) in [4.78, 5) is 48.8. The number of carbonyl (C=O) groups excluding carboxylic acids is 2. The second-order valence-electron chi connectivity index (χ2n) is 7.72. The first-order valence-corrected chi connectivity index (χ1v) is 11.0. The number of aromatic nitrogens is 3. The number of urea groups is 1. The predicted octanol–water partition coefficient (Wildman–Crippen LogP) is 2.36. The molecule has 0 saturated heterocycles. The van der Waals surface area contributed by atoms with Crippen molar-refractivity contribution in [1.82, 2.24) is 24.8 Å². The summed E-state index contributed by atoms with van der Waals surface area (Å²) in [6.07, 6.45) is 2.36. The molecular formula is C21H24N6O3S. The fraction of sp³-hybridized carbons (Fsp3) is 0.381. The topological polar surface area (TPSA) is 109 Å². The van der Waals surface area contributed by atoms with Gasteiger partial charge in [-0.1, -0.05) is 23.5 Å². The van der Waals surface area contributed by atoms with Crippen molar-refractivity contribution < 1.29 is 9.59 Å². The minimum absolute atomic E-state index is 0.0221. The highest BCUT2D eigenvalue weighted by molar-refractivity contribution is 7.15. The van der Waals surface area contributed by atoms with Gasteiger partial charge < -0.3 is 10.2 Å². The van der Waals surface area contributed by atoms with E-state index in [0.717, 1.165) is 10.6 Å². The van der Waals surface area contributed by atoms with Gasteiger partial charge in [-0.05, 0) is 26.0 Å². The number of nitrogens with zero attached hydrogens (tertiary/aromatic N) is 4. The van der Waals surface area contributed by atoms with Gasteiger partial charge in [0.05, 0.1) is 29.5 Å². The number of aryl methyl sites for hydroxylation is 1. The lowest BCUT2D eigenvalue weighted by Crippen LogP contribution is -2.36. The maximum Gasteiger partial charge on any atom is 0.321 e. The van der Waals surface area contributed by atoms with Crippen molar-refractivity contribution in [1.29, 1.82) is 0 Å². The van der Waals surface area contributed by atoms with Crippen LogP contribution in [-0.4, -0.2) is 44.0 Å². The lowest BCUT2D eigenvalue weighted by Gasteiger charge is -2.26. The quantitative estimate of drug-likeness (QED) is 0.633. The van der Waals surface area contributed by atoms with E-state index in [9.17, 15) is 14.4 Å². The van der Waals surface area contributed by atoms with Crippen molar-refractivity contribution >= 4 is 39.3 Å². The van der Waals surface area contributed by atoms with E-state index in [0.29, 0.717) is 35.5 Å². The summed E-state index contributed by atoms with van der Waals surface area (Å²) in [5.74, 6) is -0.0221. The van der Waals surface area contributed by atoms with Crippen LogP contribution in [-0.2, 0) is 24.3 Å². The lowest BCUT2D eigenvalue weighted by atomic mass is 10.1. The molecular weight excluding hydrogens is 416 g/mol. The van der Waals surface area contributed by atoms with Crippen molar-refractivity contribution in [2.75, 3.05) is 11.9 Å². The summed E-state index contributed by atoms with van der Waals surface area (Å²) in [5, 5.41) is 6.60. The number of fused-ring (bicyclic) bond motifs is 2. The molecule has 162 valence electrons. The van der Waals surface area contributed by atoms with Crippen LogP contribution in [0.3, 0.4) is 0 Å². The Hall–Kier alpha value is -3.27. The first kappa shape index (κ1) is 21.0. The Morgan fingerprint density at radius 1 is 1.26 bits per heavy atom. The van der Waals surface area contributed by atoms with Crippen LogP contribution in [0.5, 0.6) is 0 Å². The molecule has 1 aliphatic rings. The Balaban J connectivity index is 1.37. The summed E-state index contributed by atoms with van der Waals surface area (Å²) in [5.41, 5.74) is 1.43. The zero-order valence-corrected chi connectivity index (χ0v) is 18.2. The lowest BCUT2D eigenvalue weighted by molar-refractivity contribution is -0.132. The predicted molar refractivity (Wildman–Crippen MR) is 119 cm³/mol. The maximum atomic E-state index is 12.8. The fourth-order valence-corrected chi connectivity index (χ4v) is 4.52. The molecule has 9 nitrogen and oxygen atoms in total. The molecule has 0 fully saturated rings. The van der Waals surface area contributed by atoms with Crippen LogP contribution in [0, 0.1) is 0 Å². The van der Waals surface area contributed by atoms with E-state index in [1.807, 2.05) is 19.9 Å². The summed E-state index contributed by atoms with van der Waals surface area (Å²) in [6.45, 7) is 5.09. The van der Waals surface area contributed by atoms with Crippen molar-refractivity contribution in [2.24, 2.45) is 0 Å². The van der Waals surface area contributed by atoms with Gasteiger partial charge in [0.2, 0.25) is 5.91 Å². The first-order chi connectivity index (χ1) is 14.9. The van der Waals surface area contributed by atoms with Crippen LogP contribution >= 0.6 is 11.3 Å². The van der Waals surface area contributed by atoms with Gasteiger partial charge in [0.1, 0.15) is 0 Å². The number of rotatable bonds is 5. The molecule has 2 N–H and O–H groups in total. The second-order valence-corrected chi connectivity index (χ2v) is 8.80. The highest BCUT2D eigenvalue weighted by atomic mass is 32.1. The third kappa shape index (κ3) is 4.74. The van der Waals surface area contributed by atoms with E-state index in [1.165, 1.54) is 22.2 Å². The van der Waals surface area contributed by atoms with E-state index in [2.05, 4.69) is 20.6 Å². The molecule has 31 heavy (non-hydrogen) atoms. The molecule has 2 aromatic heterocycles. The van der Waals surface area contributed by atoms with E-state index < -0.39 is 0 Å². The number of thiazole rings is 1. The van der Waals surface area contributed by atoms with Gasteiger partial charge in [0.15, 0.2) is 5.13 Å². The SMILES string of the molecule is CC(C)NC(=O)Nc1nc2c(s1)CN(C(=O)CCn1cnc3ccccc3c1=O)CC2. The molecule has 0 atom stereocenters. The monoisotopic (exact) mass is 440 g/mol. The second kappa shape index (κ2) is 8.84. The minimum Gasteiger partial charge on any atom is -0.337 e. The van der Waals surface area contributed by atoms with Crippen molar-refractivity contribution in [3.8, 4) is 0 Å². The standard InChI is InChI=1S/C21H24N6O3S/c1-13(2)23-20(30)25-21-24-16-7-9-26(11-17(16)31-21)18(28)8-10-27-12-22-15-6-4-3-5-14(15)19(27)29/h3-6,12-13H,7-11H2,1-2H3,(H2,23,24,25,30). The Morgan fingerprint density at radius 2 is 2.06 bits per heavy atom. The summed E-state index contributed by atoms with van der Waals surface area (Å²) >= 11 is 1.39. The maximum absolute atomic E-state index is 12.8. The van der Waals surface area contributed by atoms with E-state index in [1.54, 1.807) is 23.1 Å². The van der Waals surface area contributed by atoms with E-state index >= 15 is 0 Å². The highest BCUT2D eigenvalue weighted by Crippen LogP contribution is 2.28. The van der Waals surface area contributed by atoms with Crippen molar-refractivity contribution in [3.05, 3.63) is 51.5 Å². The number of carbonyl (C=O) groups is 2. The van der Waals surface area contributed by atoms with Gasteiger partial charge in [-0.25, -0.2) is 14.8 Å². The number of anilines is 1. The van der Waals surface area contributed by atoms with Crippen LogP contribution in [0.1, 0.15) is 30.8 Å². The van der Waals surface area contributed by atoms with Gasteiger partial charge in [0, 0.05) is 36.9 Å². The smallest absolute Gasteiger partial charge is 0.321 e. The zero-order chi connectivity index (χ0) is 22.0. The Morgan fingerprint density at radius 3 is 2.87 bits per heavy atom. The molecule has 0 bridgehead atoms. The van der Waals surface area contributed by atoms with Crippen LogP contribution in [0.15, 0.2) is 35.4 Å². The number of hydrogen-bond acceptors (Lipinski definition) is 6. The molecule has 0 aliphatic carbocycles. The highest BCUT2D eigenvalue weighted by Gasteiger charge is 2.24. The average molecular weight is 441 g/mol. The molecule has 0 radical (unpaired) electrons. The first-order valence-electron chi connectivity index (χ1n) is 10.2. The van der Waals surface area contributed by atoms with Crippen LogP contribution in [0.25, 0.3) is 10.9 Å². The molecule has 1 aromatic carbocycles. The molecule has 3 aromatic rings. The van der Waals surface area contributed by atoms with Crippen molar-refractivity contribution in [3.63, 3.8) is 0 Å². The van der Waals surface area contributed by atoms with Crippen molar-refractivity contribution in [2.45, 2.75) is 45.8 Å². The molecule has 10 heteroatoms. The third-order valence-electron chi connectivity index (χ3n) is 5.02. The van der Waals surface area contributed by atoms with Gasteiger partial charge in [0.25, 0.3) is 5.56 Å². The Labute approximate surface area is 183 Å². The summed E-state index contributed by atoms with van der Waals surface area (Å²) in [7, 11) is 0. The average Bonchev–Trinajstić information content (AvgIpc) is 3.13. The molecule has 3 amide bonds. The van der Waals surface area contributed by atoms with E-state index in [4.69, 9.17) is 0 Å². The van der Waals surface area contributed by atoms with Gasteiger partial charge >= 0.3 is 6.03 Å². The number of benzene rings is 1. The Bertz CT molecular complexity index is 1190. The molecule has 0 unspecified atom stereocenters. The van der Waals surface area contributed by atoms with Gasteiger partial charge in [-0.2, -0.15) is 0 Å². The summed E-state index contributed by atoms with van der Waals surface area (Å²) in [6, 6.07) is 6.92. The molecule has 3 heterocycles.